The van der Waals surface area contributed by atoms with Crippen LogP contribution in [0.2, 0.25) is 5.15 Å². The van der Waals surface area contributed by atoms with E-state index in [2.05, 4.69) is 30.0 Å². The van der Waals surface area contributed by atoms with Gasteiger partial charge in [-0.3, -0.25) is 4.79 Å². The third-order valence-electron chi connectivity index (χ3n) is 5.28. The summed E-state index contributed by atoms with van der Waals surface area (Å²) in [6.45, 7) is 0.710. The van der Waals surface area contributed by atoms with E-state index in [1.807, 2.05) is 0 Å². The molecule has 3 aromatic heterocycles. The molecule has 1 aromatic carbocycles. The number of carbonyl (C=O) groups excluding carboxylic acids is 1. The van der Waals surface area contributed by atoms with Gasteiger partial charge in [-0.1, -0.05) is 11.6 Å². The number of hydrogen-bond acceptors (Lipinski definition) is 7. The summed E-state index contributed by atoms with van der Waals surface area (Å²) in [6.07, 6.45) is 6.57. The number of anilines is 2. The smallest absolute Gasteiger partial charge is 0.201 e. The molecule has 4 aromatic rings. The van der Waals surface area contributed by atoms with Gasteiger partial charge in [0.15, 0.2) is 5.82 Å². The average molecular weight is 487 g/mol. The Morgan fingerprint density at radius 1 is 1.21 bits per heavy atom. The van der Waals surface area contributed by atoms with Crippen molar-refractivity contribution < 1.29 is 13.6 Å². The van der Waals surface area contributed by atoms with E-state index in [1.54, 1.807) is 12.1 Å². The molecule has 3 N–H and O–H groups in total. The molecule has 3 heterocycles. The largest absolute Gasteiger partial charge is 0.369 e. The monoisotopic (exact) mass is 486 g/mol. The Morgan fingerprint density at radius 3 is 2.85 bits per heavy atom. The standard InChI is InChI=1S/C22H17ClF2N6OS/c23-20-15(2-1-7-26-20)33-31-14-6-5-13(24)17(18(14)25)19(32)12-9-28-22-16(12)21(29-10-30-22)27-8-11-3-4-11/h1-2,5-7,9-11,31H,3-4,8H2,(H2,27,28,29,30). The summed E-state index contributed by atoms with van der Waals surface area (Å²) in [4.78, 5) is 29.1. The lowest BCUT2D eigenvalue weighted by Crippen LogP contribution is -2.11. The van der Waals surface area contributed by atoms with Crippen LogP contribution in [0, 0.1) is 17.6 Å². The van der Waals surface area contributed by atoms with Crippen molar-refractivity contribution in [3.8, 4) is 0 Å². The Bertz CT molecular complexity index is 1360. The number of carbonyl (C=O) groups is 1. The molecule has 0 saturated heterocycles. The fourth-order valence-electron chi connectivity index (χ4n) is 3.37. The average Bonchev–Trinajstić information content (AvgIpc) is 3.54. The van der Waals surface area contributed by atoms with E-state index in [0.29, 0.717) is 34.2 Å². The first-order valence-electron chi connectivity index (χ1n) is 10.1. The van der Waals surface area contributed by atoms with Crippen molar-refractivity contribution in [1.82, 2.24) is 19.9 Å². The fraction of sp³-hybridized carbons (Fsp3) is 0.182. The van der Waals surface area contributed by atoms with Gasteiger partial charge in [0.05, 0.1) is 27.1 Å². The van der Waals surface area contributed by atoms with Gasteiger partial charge < -0.3 is 15.0 Å². The lowest BCUT2D eigenvalue weighted by Gasteiger charge is -2.11. The number of nitrogens with zero attached hydrogens (tertiary/aromatic N) is 3. The Balaban J connectivity index is 1.48. The Kier molecular flexibility index (Phi) is 5.86. The molecule has 1 aliphatic rings. The van der Waals surface area contributed by atoms with Gasteiger partial charge in [0.2, 0.25) is 5.78 Å². The summed E-state index contributed by atoms with van der Waals surface area (Å²) in [5.41, 5.74) is -0.242. The number of nitrogens with one attached hydrogen (secondary N) is 3. The van der Waals surface area contributed by atoms with Crippen molar-refractivity contribution in [2.24, 2.45) is 5.92 Å². The van der Waals surface area contributed by atoms with Crippen LogP contribution in [0.15, 0.2) is 47.9 Å². The lowest BCUT2D eigenvalue weighted by molar-refractivity contribution is 0.103. The minimum atomic E-state index is -1.01. The maximum absolute atomic E-state index is 15.3. The number of halogens is 3. The molecule has 0 radical (unpaired) electrons. The molecule has 168 valence electrons. The van der Waals surface area contributed by atoms with Gasteiger partial charge in [-0.05, 0) is 55.0 Å². The Labute approximate surface area is 196 Å². The molecule has 0 atom stereocenters. The van der Waals surface area contributed by atoms with Gasteiger partial charge in [0, 0.05) is 18.9 Å². The number of benzene rings is 1. The zero-order chi connectivity index (χ0) is 22.9. The quantitative estimate of drug-likeness (QED) is 0.173. The second-order valence-corrected chi connectivity index (χ2v) is 8.79. The van der Waals surface area contributed by atoms with E-state index >= 15 is 4.39 Å². The second kappa shape index (κ2) is 8.95. The topological polar surface area (TPSA) is 95.6 Å². The zero-order valence-corrected chi connectivity index (χ0v) is 18.6. The van der Waals surface area contributed by atoms with Crippen molar-refractivity contribution in [2.75, 3.05) is 16.6 Å². The normalized spacial score (nSPS) is 13.3. The molecular formula is C22H17ClF2N6OS. The molecule has 0 amide bonds. The summed E-state index contributed by atoms with van der Waals surface area (Å²) in [6, 6.07) is 5.64. The maximum Gasteiger partial charge on any atom is 0.201 e. The number of aromatic amines is 1. The van der Waals surface area contributed by atoms with Crippen LogP contribution in [0.1, 0.15) is 28.8 Å². The van der Waals surface area contributed by atoms with Crippen LogP contribution in [0.4, 0.5) is 20.3 Å². The molecule has 1 aliphatic carbocycles. The predicted molar refractivity (Wildman–Crippen MR) is 124 cm³/mol. The predicted octanol–water partition coefficient (Wildman–Crippen LogP) is 5.46. The minimum absolute atomic E-state index is 0.0622. The second-order valence-electron chi connectivity index (χ2n) is 7.58. The molecule has 0 aliphatic heterocycles. The van der Waals surface area contributed by atoms with E-state index in [0.717, 1.165) is 30.9 Å². The Morgan fingerprint density at radius 2 is 2.06 bits per heavy atom. The van der Waals surface area contributed by atoms with Crippen LogP contribution in [0.25, 0.3) is 11.0 Å². The zero-order valence-electron chi connectivity index (χ0n) is 17.0. The first-order chi connectivity index (χ1) is 16.0. The summed E-state index contributed by atoms with van der Waals surface area (Å²) < 4.78 is 32.8. The highest BCUT2D eigenvalue weighted by Gasteiger charge is 2.27. The highest BCUT2D eigenvalue weighted by atomic mass is 35.5. The molecule has 0 bridgehead atoms. The summed E-state index contributed by atoms with van der Waals surface area (Å²) >= 11 is 7.03. The summed E-state index contributed by atoms with van der Waals surface area (Å²) in [7, 11) is 0. The van der Waals surface area contributed by atoms with Gasteiger partial charge in [0.1, 0.15) is 28.8 Å². The molecule has 7 nitrogen and oxygen atoms in total. The van der Waals surface area contributed by atoms with Gasteiger partial charge in [-0.25, -0.2) is 23.7 Å². The molecule has 1 fully saturated rings. The summed E-state index contributed by atoms with van der Waals surface area (Å²) in [5.74, 6) is -1.77. The van der Waals surface area contributed by atoms with Gasteiger partial charge in [-0.2, -0.15) is 0 Å². The molecule has 11 heteroatoms. The SMILES string of the molecule is O=C(c1c(F)ccc(NSc2cccnc2Cl)c1F)c1c[nH]c2ncnc(NCC3CC3)c12. The first-order valence-corrected chi connectivity index (χ1v) is 11.3. The fourth-order valence-corrected chi connectivity index (χ4v) is 4.27. The van der Waals surface area contributed by atoms with Crippen LogP contribution in [-0.2, 0) is 0 Å². The maximum atomic E-state index is 15.3. The van der Waals surface area contributed by atoms with Crippen LogP contribution in [-0.4, -0.2) is 32.3 Å². The van der Waals surface area contributed by atoms with Gasteiger partial charge in [0.25, 0.3) is 0 Å². The van der Waals surface area contributed by atoms with Crippen LogP contribution in [0.3, 0.4) is 0 Å². The molecule has 1 saturated carbocycles. The minimum Gasteiger partial charge on any atom is -0.369 e. The van der Waals surface area contributed by atoms with Crippen molar-refractivity contribution in [1.29, 1.82) is 0 Å². The number of hydrogen-bond donors (Lipinski definition) is 3. The summed E-state index contributed by atoms with van der Waals surface area (Å²) in [5, 5.41) is 3.86. The van der Waals surface area contributed by atoms with Crippen molar-refractivity contribution >= 4 is 51.9 Å². The third kappa shape index (κ3) is 4.36. The molecule has 5 rings (SSSR count). The number of rotatable bonds is 8. The number of ketones is 1. The highest BCUT2D eigenvalue weighted by molar-refractivity contribution is 8.00. The van der Waals surface area contributed by atoms with E-state index < -0.39 is 23.0 Å². The van der Waals surface area contributed by atoms with Crippen molar-refractivity contribution in [3.63, 3.8) is 0 Å². The third-order valence-corrected chi connectivity index (χ3v) is 6.57. The van der Waals surface area contributed by atoms with E-state index in [-0.39, 0.29) is 16.4 Å². The number of H-pyrrole nitrogens is 1. The van der Waals surface area contributed by atoms with Crippen molar-refractivity contribution in [2.45, 2.75) is 17.7 Å². The molecular weight excluding hydrogens is 470 g/mol. The number of pyridine rings is 1. The molecule has 0 spiro atoms. The van der Waals surface area contributed by atoms with E-state index in [9.17, 15) is 9.18 Å². The van der Waals surface area contributed by atoms with E-state index in [1.165, 1.54) is 24.8 Å². The lowest BCUT2D eigenvalue weighted by atomic mass is 10.0. The van der Waals surface area contributed by atoms with Crippen LogP contribution < -0.4 is 10.0 Å². The molecule has 0 unspecified atom stereocenters. The Hall–Kier alpha value is -3.24. The first kappa shape index (κ1) is 21.6. The molecule has 33 heavy (non-hydrogen) atoms. The van der Waals surface area contributed by atoms with Gasteiger partial charge >= 0.3 is 0 Å². The highest BCUT2D eigenvalue weighted by Crippen LogP contribution is 2.33. The van der Waals surface area contributed by atoms with Crippen molar-refractivity contribution in [3.05, 3.63) is 70.9 Å². The number of aromatic nitrogens is 4. The van der Waals surface area contributed by atoms with E-state index in [4.69, 9.17) is 11.6 Å². The number of fused-ring (bicyclic) bond motifs is 1. The van der Waals surface area contributed by atoms with Crippen LogP contribution in [0.5, 0.6) is 0 Å². The van der Waals surface area contributed by atoms with Crippen LogP contribution >= 0.6 is 23.5 Å². The van der Waals surface area contributed by atoms with Gasteiger partial charge in [-0.15, -0.1) is 0 Å².